The van der Waals surface area contributed by atoms with Crippen molar-refractivity contribution in [2.75, 3.05) is 11.1 Å². The van der Waals surface area contributed by atoms with Gasteiger partial charge >= 0.3 is 0 Å². The van der Waals surface area contributed by atoms with Gasteiger partial charge in [-0.1, -0.05) is 32.0 Å². The molecule has 0 aliphatic heterocycles. The summed E-state index contributed by atoms with van der Waals surface area (Å²) in [7, 11) is 0. The zero-order chi connectivity index (χ0) is 14.7. The minimum absolute atomic E-state index is 0.139. The summed E-state index contributed by atoms with van der Waals surface area (Å²) in [6.45, 7) is 5.86. The van der Waals surface area contributed by atoms with Crippen LogP contribution in [0.2, 0.25) is 0 Å². The Morgan fingerprint density at radius 2 is 2.00 bits per heavy atom. The van der Waals surface area contributed by atoms with E-state index in [0.717, 1.165) is 11.3 Å². The lowest BCUT2D eigenvalue weighted by molar-refractivity contribution is 0.102. The molecule has 0 unspecified atom stereocenters. The maximum Gasteiger partial charge on any atom is 0.276 e. The van der Waals surface area contributed by atoms with Crippen molar-refractivity contribution in [3.8, 4) is 0 Å². The number of nitrogens with two attached hydrogens (primary N) is 1. The van der Waals surface area contributed by atoms with Gasteiger partial charge in [0.1, 0.15) is 5.82 Å². The second-order valence-electron chi connectivity index (χ2n) is 4.96. The summed E-state index contributed by atoms with van der Waals surface area (Å²) in [5.41, 5.74) is 8.02. The molecule has 0 saturated carbocycles. The van der Waals surface area contributed by atoms with Crippen LogP contribution < -0.4 is 11.1 Å². The summed E-state index contributed by atoms with van der Waals surface area (Å²) in [5, 5.41) is 2.82. The third-order valence-corrected chi connectivity index (χ3v) is 2.96. The molecule has 2 rings (SSSR count). The number of para-hydroxylation sites is 1. The van der Waals surface area contributed by atoms with E-state index in [1.54, 1.807) is 0 Å². The fourth-order valence-electron chi connectivity index (χ4n) is 1.76. The Labute approximate surface area is 118 Å². The number of nitrogen functional groups attached to an aromatic ring is 1. The molecule has 0 aliphatic rings. The highest BCUT2D eigenvalue weighted by atomic mass is 16.1. The van der Waals surface area contributed by atoms with Crippen LogP contribution in [0.4, 0.5) is 11.4 Å². The van der Waals surface area contributed by atoms with Crippen molar-refractivity contribution in [3.63, 3.8) is 0 Å². The van der Waals surface area contributed by atoms with Crippen LogP contribution in [0.25, 0.3) is 0 Å². The van der Waals surface area contributed by atoms with E-state index >= 15 is 0 Å². The number of aryl methyl sites for hydroxylation is 1. The molecule has 1 aromatic heterocycles. The van der Waals surface area contributed by atoms with Crippen LogP contribution in [0, 0.1) is 6.92 Å². The number of carbonyl (C=O) groups excluding carboxylic acids is 1. The Hall–Kier alpha value is -2.43. The van der Waals surface area contributed by atoms with E-state index in [2.05, 4.69) is 15.3 Å². The maximum absolute atomic E-state index is 12.3. The Balaban J connectivity index is 2.30. The number of hydrogen-bond acceptors (Lipinski definition) is 4. The molecule has 1 aromatic carbocycles. The largest absolute Gasteiger partial charge is 0.396 e. The van der Waals surface area contributed by atoms with E-state index in [1.165, 1.54) is 6.20 Å². The van der Waals surface area contributed by atoms with Crippen molar-refractivity contribution in [3.05, 3.63) is 47.5 Å². The van der Waals surface area contributed by atoms with Crippen molar-refractivity contribution in [1.82, 2.24) is 9.97 Å². The number of carbonyl (C=O) groups is 1. The molecule has 1 amide bonds. The molecule has 0 radical (unpaired) electrons. The van der Waals surface area contributed by atoms with E-state index in [9.17, 15) is 4.79 Å². The number of benzene rings is 1. The molecule has 5 nitrogen and oxygen atoms in total. The first kappa shape index (κ1) is 14.0. The van der Waals surface area contributed by atoms with Gasteiger partial charge in [0.05, 0.1) is 11.9 Å². The zero-order valence-electron chi connectivity index (χ0n) is 11.8. The molecular weight excluding hydrogens is 252 g/mol. The fraction of sp³-hybridized carbons (Fsp3) is 0.267. The lowest BCUT2D eigenvalue weighted by Gasteiger charge is -2.11. The third kappa shape index (κ3) is 2.93. The lowest BCUT2D eigenvalue weighted by Crippen LogP contribution is -2.18. The molecule has 20 heavy (non-hydrogen) atoms. The van der Waals surface area contributed by atoms with E-state index in [4.69, 9.17) is 5.73 Å². The standard InChI is InChI=1S/C15H18N4O/c1-9(2)14-17-8-11(16)13(19-14)15(20)18-12-7-5-4-6-10(12)3/h4-9H,16H2,1-3H3,(H,18,20). The molecule has 0 atom stereocenters. The average Bonchev–Trinajstić information content (AvgIpc) is 2.41. The van der Waals surface area contributed by atoms with E-state index in [-0.39, 0.29) is 23.2 Å². The molecule has 0 fully saturated rings. The summed E-state index contributed by atoms with van der Waals surface area (Å²) in [5.74, 6) is 0.427. The Kier molecular flexibility index (Phi) is 3.98. The summed E-state index contributed by atoms with van der Waals surface area (Å²) < 4.78 is 0. The lowest BCUT2D eigenvalue weighted by atomic mass is 10.2. The van der Waals surface area contributed by atoms with E-state index in [0.29, 0.717) is 5.82 Å². The molecule has 0 aliphatic carbocycles. The average molecular weight is 270 g/mol. The maximum atomic E-state index is 12.3. The van der Waals surface area contributed by atoms with Gasteiger partial charge in [0.2, 0.25) is 0 Å². The SMILES string of the molecule is Cc1ccccc1NC(=O)c1nc(C(C)C)ncc1N. The van der Waals surface area contributed by atoms with Crippen LogP contribution in [0.15, 0.2) is 30.5 Å². The Morgan fingerprint density at radius 1 is 1.30 bits per heavy atom. The van der Waals surface area contributed by atoms with E-state index < -0.39 is 0 Å². The second-order valence-corrected chi connectivity index (χ2v) is 4.96. The summed E-state index contributed by atoms with van der Waals surface area (Å²) >= 11 is 0. The highest BCUT2D eigenvalue weighted by Gasteiger charge is 2.15. The molecule has 0 spiro atoms. The predicted molar refractivity (Wildman–Crippen MR) is 79.7 cm³/mol. The quantitative estimate of drug-likeness (QED) is 0.898. The number of nitrogens with zero attached hydrogens (tertiary/aromatic N) is 2. The highest BCUT2D eigenvalue weighted by molar-refractivity contribution is 6.06. The van der Waals surface area contributed by atoms with Crippen LogP contribution in [-0.2, 0) is 0 Å². The molecule has 1 heterocycles. The van der Waals surface area contributed by atoms with Crippen LogP contribution in [0.5, 0.6) is 0 Å². The topological polar surface area (TPSA) is 80.9 Å². The van der Waals surface area contributed by atoms with Gasteiger partial charge in [-0.3, -0.25) is 4.79 Å². The smallest absolute Gasteiger partial charge is 0.276 e. The Bertz CT molecular complexity index is 638. The summed E-state index contributed by atoms with van der Waals surface area (Å²) in [6.07, 6.45) is 1.48. The van der Waals surface area contributed by atoms with Gasteiger partial charge in [-0.15, -0.1) is 0 Å². The van der Waals surface area contributed by atoms with Gasteiger partial charge in [-0.25, -0.2) is 9.97 Å². The van der Waals surface area contributed by atoms with Crippen molar-refractivity contribution in [2.45, 2.75) is 26.7 Å². The fourth-order valence-corrected chi connectivity index (χ4v) is 1.76. The van der Waals surface area contributed by atoms with Gasteiger partial charge in [0.15, 0.2) is 5.69 Å². The molecule has 2 aromatic rings. The Morgan fingerprint density at radius 3 is 2.65 bits per heavy atom. The number of anilines is 2. The first-order chi connectivity index (χ1) is 9.49. The predicted octanol–water partition coefficient (Wildman–Crippen LogP) is 2.74. The first-order valence-electron chi connectivity index (χ1n) is 6.48. The van der Waals surface area contributed by atoms with Gasteiger partial charge in [-0.2, -0.15) is 0 Å². The molecule has 0 bridgehead atoms. The molecule has 0 saturated heterocycles. The monoisotopic (exact) mass is 270 g/mol. The van der Waals surface area contributed by atoms with Crippen LogP contribution in [0.1, 0.15) is 41.6 Å². The van der Waals surface area contributed by atoms with Crippen LogP contribution in [0.3, 0.4) is 0 Å². The van der Waals surface area contributed by atoms with Crippen molar-refractivity contribution >= 4 is 17.3 Å². The molecular formula is C15H18N4O. The summed E-state index contributed by atoms with van der Waals surface area (Å²) in [4.78, 5) is 20.7. The zero-order valence-corrected chi connectivity index (χ0v) is 11.8. The first-order valence-corrected chi connectivity index (χ1v) is 6.48. The molecule has 3 N–H and O–H groups in total. The molecule has 5 heteroatoms. The van der Waals surface area contributed by atoms with Gasteiger partial charge < -0.3 is 11.1 Å². The second kappa shape index (κ2) is 5.69. The van der Waals surface area contributed by atoms with Crippen molar-refractivity contribution < 1.29 is 4.79 Å². The van der Waals surface area contributed by atoms with Gasteiger partial charge in [-0.05, 0) is 18.6 Å². The molecule has 104 valence electrons. The normalized spacial score (nSPS) is 10.6. The summed E-state index contributed by atoms with van der Waals surface area (Å²) in [6, 6.07) is 7.55. The number of amides is 1. The van der Waals surface area contributed by atoms with Crippen LogP contribution in [-0.4, -0.2) is 15.9 Å². The third-order valence-electron chi connectivity index (χ3n) is 2.96. The minimum Gasteiger partial charge on any atom is -0.396 e. The van der Waals surface area contributed by atoms with Gasteiger partial charge in [0.25, 0.3) is 5.91 Å². The number of aromatic nitrogens is 2. The van der Waals surface area contributed by atoms with Gasteiger partial charge in [0, 0.05) is 11.6 Å². The minimum atomic E-state index is -0.318. The number of nitrogens with one attached hydrogen (secondary N) is 1. The van der Waals surface area contributed by atoms with Crippen molar-refractivity contribution in [2.24, 2.45) is 0 Å². The van der Waals surface area contributed by atoms with E-state index in [1.807, 2.05) is 45.0 Å². The van der Waals surface area contributed by atoms with Crippen molar-refractivity contribution in [1.29, 1.82) is 0 Å². The highest BCUT2D eigenvalue weighted by Crippen LogP contribution is 2.17. The number of hydrogen-bond donors (Lipinski definition) is 2. The van der Waals surface area contributed by atoms with Crippen LogP contribution >= 0.6 is 0 Å². The number of rotatable bonds is 3.